The van der Waals surface area contributed by atoms with Crippen molar-refractivity contribution >= 4 is 21.7 Å². The molecule has 5 heteroatoms. The molecule has 72 valence electrons. The van der Waals surface area contributed by atoms with E-state index in [0.29, 0.717) is 6.29 Å². The summed E-state index contributed by atoms with van der Waals surface area (Å²) in [5.74, 6) is -0.193. The molecule has 14 heavy (non-hydrogen) atoms. The van der Waals surface area contributed by atoms with Crippen LogP contribution in [0.15, 0.2) is 28.5 Å². The topological polar surface area (TPSA) is 71.4 Å². The Hall–Kier alpha value is -1.62. The number of benzene rings is 1. The van der Waals surface area contributed by atoms with Crippen LogP contribution in [0.1, 0.15) is 5.56 Å². The number of phenolic OH excluding ortho intramolecular Hbond substituents is 1. The molecule has 1 aliphatic heterocycles. The molecule has 1 heterocycles. The Bertz CT molecular complexity index is 540. The van der Waals surface area contributed by atoms with Crippen LogP contribution in [0, 0.1) is 0 Å². The lowest BCUT2D eigenvalue weighted by Gasteiger charge is -2.01. The number of phenols is 1. The molecule has 0 bridgehead atoms. The van der Waals surface area contributed by atoms with Gasteiger partial charge in [0.2, 0.25) is 9.84 Å². The van der Waals surface area contributed by atoms with Crippen molar-refractivity contribution in [2.75, 3.05) is 0 Å². The minimum atomic E-state index is -3.54. The third kappa shape index (κ3) is 1.06. The largest absolute Gasteiger partial charge is 0.507 e. The lowest BCUT2D eigenvalue weighted by molar-refractivity contribution is -0.103. The van der Waals surface area contributed by atoms with Gasteiger partial charge in [-0.05, 0) is 12.1 Å². The van der Waals surface area contributed by atoms with E-state index in [1.54, 1.807) is 0 Å². The fraction of sp³-hybridized carbons (Fsp3) is 0. The summed E-state index contributed by atoms with van der Waals surface area (Å²) in [6.45, 7) is 0. The van der Waals surface area contributed by atoms with Crippen LogP contribution in [0.3, 0.4) is 0 Å². The standard InChI is InChI=1S/C9H6O4S/c10-4-6-5-14(12,13)8-3-1-2-7(11)9(6)8/h1-5,11H. The number of allylic oxidation sites excluding steroid dienone is 1. The van der Waals surface area contributed by atoms with Crippen LogP contribution in [-0.2, 0) is 14.6 Å². The van der Waals surface area contributed by atoms with Gasteiger partial charge in [-0.15, -0.1) is 0 Å². The number of carbonyl (C=O) groups is 1. The predicted molar refractivity (Wildman–Crippen MR) is 49.3 cm³/mol. The first kappa shape index (κ1) is 8.96. The van der Waals surface area contributed by atoms with E-state index < -0.39 is 9.84 Å². The molecule has 1 aromatic carbocycles. The third-order valence-corrected chi connectivity index (χ3v) is 3.53. The minimum Gasteiger partial charge on any atom is -0.507 e. The number of aromatic hydroxyl groups is 1. The molecule has 0 unspecified atom stereocenters. The summed E-state index contributed by atoms with van der Waals surface area (Å²) in [7, 11) is -3.54. The molecule has 1 aliphatic rings. The fourth-order valence-electron chi connectivity index (χ4n) is 1.42. The van der Waals surface area contributed by atoms with Gasteiger partial charge in [0.05, 0.1) is 4.90 Å². The van der Waals surface area contributed by atoms with Crippen LogP contribution in [0.4, 0.5) is 0 Å². The number of aldehydes is 1. The van der Waals surface area contributed by atoms with E-state index in [1.807, 2.05) is 0 Å². The van der Waals surface area contributed by atoms with Crippen molar-refractivity contribution in [3.05, 3.63) is 29.2 Å². The van der Waals surface area contributed by atoms with Gasteiger partial charge < -0.3 is 5.11 Å². The van der Waals surface area contributed by atoms with Gasteiger partial charge in [0.15, 0.2) is 6.29 Å². The summed E-state index contributed by atoms with van der Waals surface area (Å²) in [5, 5.41) is 10.3. The Morgan fingerprint density at radius 1 is 1.29 bits per heavy atom. The normalized spacial score (nSPS) is 17.3. The molecule has 0 fully saturated rings. The lowest BCUT2D eigenvalue weighted by atomic mass is 10.1. The molecule has 0 spiro atoms. The number of carbonyl (C=O) groups excluding carboxylic acids is 1. The molecule has 0 saturated heterocycles. The second kappa shape index (κ2) is 2.68. The van der Waals surface area contributed by atoms with Crippen LogP contribution in [0.25, 0.3) is 5.57 Å². The van der Waals surface area contributed by atoms with Crippen molar-refractivity contribution < 1.29 is 18.3 Å². The molecular formula is C9H6O4S. The molecule has 4 nitrogen and oxygen atoms in total. The summed E-state index contributed by atoms with van der Waals surface area (Å²) < 4.78 is 22.9. The summed E-state index contributed by atoms with van der Waals surface area (Å²) in [6.07, 6.45) is 0.420. The smallest absolute Gasteiger partial charge is 0.201 e. The van der Waals surface area contributed by atoms with Gasteiger partial charge in [-0.1, -0.05) is 6.07 Å². The highest BCUT2D eigenvalue weighted by Crippen LogP contribution is 2.37. The van der Waals surface area contributed by atoms with E-state index in [1.165, 1.54) is 18.2 Å². The summed E-state index contributed by atoms with van der Waals surface area (Å²) in [4.78, 5) is 10.6. The van der Waals surface area contributed by atoms with Gasteiger partial charge >= 0.3 is 0 Å². The second-order valence-corrected chi connectivity index (χ2v) is 4.65. The van der Waals surface area contributed by atoms with Crippen molar-refractivity contribution in [3.8, 4) is 5.75 Å². The van der Waals surface area contributed by atoms with Crippen LogP contribution in [-0.4, -0.2) is 19.8 Å². The highest BCUT2D eigenvalue weighted by atomic mass is 32.2. The molecule has 0 amide bonds. The zero-order valence-electron chi connectivity index (χ0n) is 6.97. The van der Waals surface area contributed by atoms with Gasteiger partial charge in [0.1, 0.15) is 5.75 Å². The monoisotopic (exact) mass is 210 g/mol. The first-order valence-electron chi connectivity index (χ1n) is 3.80. The number of sulfone groups is 1. The predicted octanol–water partition coefficient (Wildman–Crippen LogP) is 0.719. The minimum absolute atomic E-state index is 0.00176. The summed E-state index contributed by atoms with van der Waals surface area (Å²) >= 11 is 0. The molecule has 0 atom stereocenters. The summed E-state index contributed by atoms with van der Waals surface area (Å²) in [5.41, 5.74) is 0.0978. The Morgan fingerprint density at radius 2 is 2.00 bits per heavy atom. The van der Waals surface area contributed by atoms with E-state index in [0.717, 1.165) is 5.41 Å². The molecule has 0 aromatic heterocycles. The van der Waals surface area contributed by atoms with Gasteiger partial charge in [-0.25, -0.2) is 8.42 Å². The van der Waals surface area contributed by atoms with Crippen LogP contribution < -0.4 is 0 Å². The van der Waals surface area contributed by atoms with E-state index in [-0.39, 0.29) is 21.8 Å². The maximum absolute atomic E-state index is 11.4. The molecule has 1 N–H and O–H groups in total. The fourth-order valence-corrected chi connectivity index (χ4v) is 2.83. The number of hydrogen-bond acceptors (Lipinski definition) is 4. The van der Waals surface area contributed by atoms with Crippen LogP contribution in [0.5, 0.6) is 5.75 Å². The molecule has 1 aromatic rings. The van der Waals surface area contributed by atoms with Crippen molar-refractivity contribution in [2.45, 2.75) is 4.90 Å². The van der Waals surface area contributed by atoms with E-state index in [2.05, 4.69) is 0 Å². The number of hydrogen-bond donors (Lipinski definition) is 1. The second-order valence-electron chi connectivity index (χ2n) is 2.89. The van der Waals surface area contributed by atoms with Crippen molar-refractivity contribution in [2.24, 2.45) is 0 Å². The molecule has 0 saturated carbocycles. The van der Waals surface area contributed by atoms with E-state index in [9.17, 15) is 18.3 Å². The van der Waals surface area contributed by atoms with Crippen molar-refractivity contribution in [1.29, 1.82) is 0 Å². The zero-order chi connectivity index (χ0) is 10.3. The van der Waals surface area contributed by atoms with Gasteiger partial charge in [0, 0.05) is 16.5 Å². The van der Waals surface area contributed by atoms with Crippen LogP contribution >= 0.6 is 0 Å². The molecule has 0 radical (unpaired) electrons. The zero-order valence-corrected chi connectivity index (χ0v) is 7.78. The van der Waals surface area contributed by atoms with Crippen LogP contribution in [0.2, 0.25) is 0 Å². The first-order valence-corrected chi connectivity index (χ1v) is 5.35. The first-order chi connectivity index (χ1) is 6.56. The molecule has 2 rings (SSSR count). The van der Waals surface area contributed by atoms with E-state index >= 15 is 0 Å². The van der Waals surface area contributed by atoms with Crippen molar-refractivity contribution in [3.63, 3.8) is 0 Å². The quantitative estimate of drug-likeness (QED) is 0.693. The SMILES string of the molecule is O=CC1=CS(=O)(=O)c2cccc(O)c21. The van der Waals surface area contributed by atoms with Gasteiger partial charge in [-0.2, -0.15) is 0 Å². The lowest BCUT2D eigenvalue weighted by Crippen LogP contribution is -1.92. The average molecular weight is 210 g/mol. The number of rotatable bonds is 1. The van der Waals surface area contributed by atoms with Gasteiger partial charge in [0.25, 0.3) is 0 Å². The van der Waals surface area contributed by atoms with E-state index in [4.69, 9.17) is 0 Å². The summed E-state index contributed by atoms with van der Waals surface area (Å²) in [6, 6.07) is 4.13. The molecule has 0 aliphatic carbocycles. The maximum atomic E-state index is 11.4. The Labute approximate surface area is 80.4 Å². The third-order valence-electron chi connectivity index (χ3n) is 2.01. The Kier molecular flexibility index (Phi) is 1.72. The maximum Gasteiger partial charge on any atom is 0.201 e. The Morgan fingerprint density at radius 3 is 2.64 bits per heavy atom. The highest BCUT2D eigenvalue weighted by molar-refractivity contribution is 7.95. The average Bonchev–Trinajstić information content (AvgIpc) is 2.40. The molecular weight excluding hydrogens is 204 g/mol. The highest BCUT2D eigenvalue weighted by Gasteiger charge is 2.28. The van der Waals surface area contributed by atoms with Crippen molar-refractivity contribution in [1.82, 2.24) is 0 Å². The Balaban J connectivity index is 2.89. The number of fused-ring (bicyclic) bond motifs is 1. The van der Waals surface area contributed by atoms with Gasteiger partial charge in [-0.3, -0.25) is 4.79 Å².